The van der Waals surface area contributed by atoms with E-state index in [0.717, 1.165) is 25.7 Å². The first-order valence-electron chi connectivity index (χ1n) is 8.72. The molecule has 1 saturated carbocycles. The summed E-state index contributed by atoms with van der Waals surface area (Å²) >= 11 is 0. The van der Waals surface area contributed by atoms with E-state index in [2.05, 4.69) is 16.0 Å². The van der Waals surface area contributed by atoms with Crippen molar-refractivity contribution < 1.29 is 9.59 Å². The van der Waals surface area contributed by atoms with Crippen LogP contribution in [0, 0.1) is 5.41 Å². The van der Waals surface area contributed by atoms with E-state index in [-0.39, 0.29) is 29.8 Å². The van der Waals surface area contributed by atoms with Crippen molar-refractivity contribution >= 4 is 35.7 Å². The molecule has 0 saturated heterocycles. The second-order valence-corrected chi connectivity index (χ2v) is 6.55. The van der Waals surface area contributed by atoms with Gasteiger partial charge in [0.1, 0.15) is 0 Å². The Bertz CT molecular complexity index is 574. The highest BCUT2D eigenvalue weighted by Crippen LogP contribution is 2.38. The van der Waals surface area contributed by atoms with Crippen LogP contribution in [0.3, 0.4) is 0 Å². The summed E-state index contributed by atoms with van der Waals surface area (Å²) in [6.07, 6.45) is 6.03. The number of hydrogen-bond donors (Lipinski definition) is 4. The first kappa shape index (κ1) is 21.3. The minimum Gasteiger partial charge on any atom is -0.338 e. The van der Waals surface area contributed by atoms with Gasteiger partial charge in [-0.05, 0) is 49.9 Å². The number of amides is 3. The van der Waals surface area contributed by atoms with Gasteiger partial charge in [-0.25, -0.2) is 4.79 Å². The average molecular weight is 369 g/mol. The van der Waals surface area contributed by atoms with E-state index < -0.39 is 0 Å². The number of hydrogen-bond acceptors (Lipinski definition) is 3. The summed E-state index contributed by atoms with van der Waals surface area (Å²) < 4.78 is 0. The zero-order chi connectivity index (χ0) is 17.4. The molecule has 1 aliphatic carbocycles. The molecule has 0 heterocycles. The molecule has 1 aliphatic rings. The van der Waals surface area contributed by atoms with Crippen molar-refractivity contribution in [3.8, 4) is 0 Å². The summed E-state index contributed by atoms with van der Waals surface area (Å²) in [4.78, 5) is 24.0. The van der Waals surface area contributed by atoms with Crippen molar-refractivity contribution in [2.75, 3.05) is 23.7 Å². The molecule has 0 unspecified atom stereocenters. The van der Waals surface area contributed by atoms with E-state index in [1.54, 1.807) is 18.2 Å². The Hall–Kier alpha value is -1.79. The van der Waals surface area contributed by atoms with Crippen molar-refractivity contribution in [3.63, 3.8) is 0 Å². The molecule has 140 valence electrons. The number of urea groups is 1. The molecule has 2 rings (SSSR count). The Morgan fingerprint density at radius 2 is 1.76 bits per heavy atom. The predicted molar refractivity (Wildman–Crippen MR) is 104 cm³/mol. The molecule has 25 heavy (non-hydrogen) atoms. The fraction of sp³-hybridized carbons (Fsp3) is 0.556. The topological polar surface area (TPSA) is 96.2 Å². The minimum absolute atomic E-state index is 0. The van der Waals surface area contributed by atoms with E-state index in [0.29, 0.717) is 30.9 Å². The van der Waals surface area contributed by atoms with Gasteiger partial charge in [0.25, 0.3) is 0 Å². The van der Waals surface area contributed by atoms with E-state index in [4.69, 9.17) is 5.73 Å². The predicted octanol–water partition coefficient (Wildman–Crippen LogP) is 3.49. The lowest BCUT2D eigenvalue weighted by atomic mass is 9.71. The van der Waals surface area contributed by atoms with Crippen LogP contribution >= 0.6 is 12.4 Å². The number of rotatable bonds is 6. The number of nitrogens with one attached hydrogen (secondary N) is 3. The SMILES string of the molecule is CCNC(=O)Nc1cccc(NC(=O)CC2(CN)CCCCC2)c1.Cl. The van der Waals surface area contributed by atoms with Gasteiger partial charge in [-0.15, -0.1) is 12.4 Å². The van der Waals surface area contributed by atoms with Crippen LogP contribution in [0.4, 0.5) is 16.2 Å². The maximum Gasteiger partial charge on any atom is 0.319 e. The van der Waals surface area contributed by atoms with Crippen LogP contribution in [0.1, 0.15) is 45.4 Å². The van der Waals surface area contributed by atoms with Crippen LogP contribution in [-0.4, -0.2) is 25.0 Å². The number of anilines is 2. The van der Waals surface area contributed by atoms with Gasteiger partial charge in [0, 0.05) is 24.3 Å². The zero-order valence-corrected chi connectivity index (χ0v) is 15.6. The lowest BCUT2D eigenvalue weighted by molar-refractivity contribution is -0.118. The first-order valence-corrected chi connectivity index (χ1v) is 8.72. The van der Waals surface area contributed by atoms with Gasteiger partial charge >= 0.3 is 6.03 Å². The lowest BCUT2D eigenvalue weighted by Crippen LogP contribution is -2.36. The summed E-state index contributed by atoms with van der Waals surface area (Å²) in [5.74, 6) is -0.0162. The molecule has 5 N–H and O–H groups in total. The van der Waals surface area contributed by atoms with E-state index in [1.807, 2.05) is 13.0 Å². The van der Waals surface area contributed by atoms with Crippen LogP contribution in [-0.2, 0) is 4.79 Å². The second-order valence-electron chi connectivity index (χ2n) is 6.55. The number of halogens is 1. The van der Waals surface area contributed by atoms with E-state index in [1.165, 1.54) is 6.42 Å². The van der Waals surface area contributed by atoms with Gasteiger partial charge in [-0.1, -0.05) is 25.3 Å². The lowest BCUT2D eigenvalue weighted by Gasteiger charge is -2.35. The van der Waals surface area contributed by atoms with E-state index in [9.17, 15) is 9.59 Å². The van der Waals surface area contributed by atoms with Crippen molar-refractivity contribution in [3.05, 3.63) is 24.3 Å². The van der Waals surface area contributed by atoms with Gasteiger partial charge < -0.3 is 21.7 Å². The molecule has 0 atom stereocenters. The molecule has 0 radical (unpaired) electrons. The van der Waals surface area contributed by atoms with Gasteiger partial charge in [-0.3, -0.25) is 4.79 Å². The summed E-state index contributed by atoms with van der Waals surface area (Å²) in [7, 11) is 0. The minimum atomic E-state index is -0.259. The Kier molecular flexibility index (Phi) is 8.72. The van der Waals surface area contributed by atoms with Gasteiger partial charge in [0.05, 0.1) is 0 Å². The van der Waals surface area contributed by atoms with Crippen molar-refractivity contribution in [1.29, 1.82) is 0 Å². The molecule has 6 nitrogen and oxygen atoms in total. The highest BCUT2D eigenvalue weighted by Gasteiger charge is 2.32. The molecule has 0 spiro atoms. The largest absolute Gasteiger partial charge is 0.338 e. The third-order valence-corrected chi connectivity index (χ3v) is 4.62. The summed E-state index contributed by atoms with van der Waals surface area (Å²) in [6.45, 7) is 2.97. The van der Waals surface area contributed by atoms with E-state index >= 15 is 0 Å². The highest BCUT2D eigenvalue weighted by atomic mass is 35.5. The van der Waals surface area contributed by atoms with Gasteiger partial charge in [0.15, 0.2) is 0 Å². The Balaban J connectivity index is 0.00000312. The fourth-order valence-corrected chi connectivity index (χ4v) is 3.31. The number of benzene rings is 1. The number of carbonyl (C=O) groups excluding carboxylic acids is 2. The molecule has 1 aromatic rings. The summed E-state index contributed by atoms with van der Waals surface area (Å²) in [5, 5.41) is 8.33. The average Bonchev–Trinajstić information content (AvgIpc) is 2.56. The molecule has 1 aromatic carbocycles. The molecule has 0 aliphatic heterocycles. The zero-order valence-electron chi connectivity index (χ0n) is 14.8. The monoisotopic (exact) mass is 368 g/mol. The second kappa shape index (κ2) is 10.3. The molecule has 0 aromatic heterocycles. The third-order valence-electron chi connectivity index (χ3n) is 4.62. The smallest absolute Gasteiger partial charge is 0.319 e. The standard InChI is InChI=1S/C18H28N4O2.ClH/c1-2-20-17(24)22-15-8-6-7-14(11-15)21-16(23)12-18(13-19)9-4-3-5-10-18;/h6-8,11H,2-5,9-10,12-13,19H2,1H3,(H,21,23)(H2,20,22,24);1H. The van der Waals surface area contributed by atoms with Gasteiger partial charge in [-0.2, -0.15) is 0 Å². The quantitative estimate of drug-likeness (QED) is 0.618. The summed E-state index contributed by atoms with van der Waals surface area (Å²) in [6, 6.07) is 6.90. The molecular formula is C18H29ClN4O2. The molecule has 1 fully saturated rings. The van der Waals surface area contributed by atoms with Crippen molar-refractivity contribution in [2.45, 2.75) is 45.4 Å². The number of nitrogens with two attached hydrogens (primary N) is 1. The van der Waals surface area contributed by atoms with Crippen LogP contribution in [0.5, 0.6) is 0 Å². The van der Waals surface area contributed by atoms with Gasteiger partial charge in [0.2, 0.25) is 5.91 Å². The molecule has 7 heteroatoms. The maximum atomic E-state index is 12.4. The van der Waals surface area contributed by atoms with Crippen molar-refractivity contribution in [2.24, 2.45) is 11.1 Å². The molecule has 3 amide bonds. The Morgan fingerprint density at radius 3 is 2.36 bits per heavy atom. The first-order chi connectivity index (χ1) is 11.6. The summed E-state index contributed by atoms with van der Waals surface area (Å²) in [5.41, 5.74) is 7.22. The molecular weight excluding hydrogens is 340 g/mol. The Labute approximate surface area is 155 Å². The normalized spacial score (nSPS) is 15.6. The van der Waals surface area contributed by atoms with Crippen LogP contribution in [0.15, 0.2) is 24.3 Å². The number of carbonyl (C=O) groups is 2. The Morgan fingerprint density at radius 1 is 1.12 bits per heavy atom. The highest BCUT2D eigenvalue weighted by molar-refractivity contribution is 5.93. The molecule has 0 bridgehead atoms. The van der Waals surface area contributed by atoms with Crippen LogP contribution in [0.2, 0.25) is 0 Å². The van der Waals surface area contributed by atoms with Crippen LogP contribution < -0.4 is 21.7 Å². The maximum absolute atomic E-state index is 12.4. The third kappa shape index (κ3) is 6.55. The fourth-order valence-electron chi connectivity index (χ4n) is 3.31. The van der Waals surface area contributed by atoms with Crippen LogP contribution in [0.25, 0.3) is 0 Å². The van der Waals surface area contributed by atoms with Crippen molar-refractivity contribution in [1.82, 2.24) is 5.32 Å².